The molecule has 1 aromatic heterocycles. The molecule has 0 saturated carbocycles. The van der Waals surface area contributed by atoms with E-state index in [1.54, 1.807) is 11.4 Å². The van der Waals surface area contributed by atoms with Crippen LogP contribution in [0, 0.1) is 0 Å². The third-order valence-corrected chi connectivity index (χ3v) is 6.88. The second-order valence-corrected chi connectivity index (χ2v) is 9.74. The summed E-state index contributed by atoms with van der Waals surface area (Å²) in [5.41, 5.74) is 2.05. The van der Waals surface area contributed by atoms with Gasteiger partial charge in [0.2, 0.25) is 10.0 Å². The largest absolute Gasteiger partial charge is 0.378 e. The van der Waals surface area contributed by atoms with Gasteiger partial charge in [-0.15, -0.1) is 0 Å². The van der Waals surface area contributed by atoms with Crippen LogP contribution in [-0.4, -0.2) is 85.1 Å². The van der Waals surface area contributed by atoms with E-state index in [4.69, 9.17) is 4.74 Å². The van der Waals surface area contributed by atoms with E-state index in [1.807, 2.05) is 61.3 Å². The first-order valence-corrected chi connectivity index (χ1v) is 12.1. The summed E-state index contributed by atoms with van der Waals surface area (Å²) in [4.78, 5) is 6.45. The van der Waals surface area contributed by atoms with Crippen LogP contribution in [-0.2, 0) is 21.3 Å². The average Bonchev–Trinajstić information content (AvgIpc) is 3.24. The molecule has 1 N–H and O–H groups in total. The van der Waals surface area contributed by atoms with Crippen LogP contribution < -0.4 is 5.32 Å². The van der Waals surface area contributed by atoms with Crippen molar-refractivity contribution >= 4 is 16.0 Å². The summed E-state index contributed by atoms with van der Waals surface area (Å²) in [6.45, 7) is 6.67. The number of nitrogens with one attached hydrogen (secondary N) is 1. The summed E-state index contributed by atoms with van der Waals surface area (Å²) >= 11 is 0. The summed E-state index contributed by atoms with van der Waals surface area (Å²) in [7, 11) is -1.57. The van der Waals surface area contributed by atoms with Gasteiger partial charge in [0.05, 0.1) is 30.3 Å². The number of aliphatic imine (C=N–C) groups is 1. The minimum absolute atomic E-state index is 0.0174. The topological polar surface area (TPSA) is 92.1 Å². The number of rotatable bonds is 8. The molecule has 0 amide bonds. The summed E-state index contributed by atoms with van der Waals surface area (Å²) < 4.78 is 33.8. The molecule has 0 radical (unpaired) electrons. The van der Waals surface area contributed by atoms with Gasteiger partial charge in [0, 0.05) is 51.5 Å². The Morgan fingerprint density at radius 3 is 2.55 bits per heavy atom. The Morgan fingerprint density at radius 2 is 1.90 bits per heavy atom. The highest BCUT2D eigenvalue weighted by atomic mass is 32.2. The molecule has 2 heterocycles. The molecule has 3 rings (SSSR count). The summed E-state index contributed by atoms with van der Waals surface area (Å²) in [6.07, 6.45) is 3.84. The zero-order valence-electron chi connectivity index (χ0n) is 18.4. The summed E-state index contributed by atoms with van der Waals surface area (Å²) in [6, 6.07) is 9.95. The number of hydrogen-bond donors (Lipinski definition) is 1. The van der Waals surface area contributed by atoms with Crippen LogP contribution in [0.2, 0.25) is 0 Å². The molecule has 1 aromatic carbocycles. The third-order valence-electron chi connectivity index (χ3n) is 5.04. The van der Waals surface area contributed by atoms with E-state index < -0.39 is 10.0 Å². The fourth-order valence-corrected chi connectivity index (χ4v) is 4.67. The van der Waals surface area contributed by atoms with Gasteiger partial charge < -0.3 is 15.0 Å². The first-order chi connectivity index (χ1) is 14.9. The molecule has 1 aliphatic rings. The Morgan fingerprint density at radius 1 is 1.19 bits per heavy atom. The van der Waals surface area contributed by atoms with E-state index in [2.05, 4.69) is 20.3 Å². The maximum Gasteiger partial charge on any atom is 0.216 e. The van der Waals surface area contributed by atoms with E-state index in [0.717, 1.165) is 17.2 Å². The number of hydrogen-bond acceptors (Lipinski definition) is 5. The molecule has 1 fully saturated rings. The molecular weight excluding hydrogens is 416 g/mol. The van der Waals surface area contributed by atoms with Gasteiger partial charge in [-0.05, 0) is 26.0 Å². The number of para-hydroxylation sites is 1. The van der Waals surface area contributed by atoms with Gasteiger partial charge in [-0.25, -0.2) is 13.1 Å². The molecule has 0 atom stereocenters. The number of nitrogens with zero attached hydrogens (tertiary/aromatic N) is 5. The van der Waals surface area contributed by atoms with Gasteiger partial charge in [0.15, 0.2) is 5.96 Å². The Hall–Kier alpha value is -2.43. The lowest BCUT2D eigenvalue weighted by Gasteiger charge is -2.35. The molecule has 10 heteroatoms. The number of sulfonamides is 1. The lowest BCUT2D eigenvalue weighted by Crippen LogP contribution is -2.54. The molecule has 0 unspecified atom stereocenters. The smallest absolute Gasteiger partial charge is 0.216 e. The minimum atomic E-state index is -3.30. The zero-order valence-corrected chi connectivity index (χ0v) is 19.3. The van der Waals surface area contributed by atoms with E-state index in [9.17, 15) is 8.42 Å². The van der Waals surface area contributed by atoms with Crippen LogP contribution in [0.15, 0.2) is 47.7 Å². The van der Waals surface area contributed by atoms with Gasteiger partial charge in [-0.1, -0.05) is 18.2 Å². The lowest BCUT2D eigenvalue weighted by atomic mass is 10.3. The maximum absolute atomic E-state index is 12.5. The van der Waals surface area contributed by atoms with Gasteiger partial charge >= 0.3 is 0 Å². The van der Waals surface area contributed by atoms with Crippen molar-refractivity contribution in [2.75, 3.05) is 45.6 Å². The molecule has 0 aliphatic carbocycles. The highest BCUT2D eigenvalue weighted by Gasteiger charge is 2.28. The Balaban J connectivity index is 1.49. The first kappa shape index (κ1) is 23.2. The van der Waals surface area contributed by atoms with Crippen molar-refractivity contribution < 1.29 is 13.2 Å². The summed E-state index contributed by atoms with van der Waals surface area (Å²) in [5, 5.41) is 7.77. The van der Waals surface area contributed by atoms with Crippen LogP contribution in [0.4, 0.5) is 0 Å². The molecule has 31 heavy (non-hydrogen) atoms. The highest BCUT2D eigenvalue weighted by molar-refractivity contribution is 7.89. The lowest BCUT2D eigenvalue weighted by molar-refractivity contribution is 0.0904. The van der Waals surface area contributed by atoms with E-state index in [0.29, 0.717) is 32.7 Å². The average molecular weight is 449 g/mol. The zero-order chi connectivity index (χ0) is 22.3. The van der Waals surface area contributed by atoms with Crippen molar-refractivity contribution in [3.63, 3.8) is 0 Å². The van der Waals surface area contributed by atoms with Gasteiger partial charge in [0.1, 0.15) is 0 Å². The van der Waals surface area contributed by atoms with E-state index in [-0.39, 0.29) is 18.5 Å². The predicted molar refractivity (Wildman–Crippen MR) is 122 cm³/mol. The molecule has 9 nitrogen and oxygen atoms in total. The fourth-order valence-electron chi connectivity index (χ4n) is 3.38. The second kappa shape index (κ2) is 10.7. The summed E-state index contributed by atoms with van der Waals surface area (Å²) in [5.74, 6) is 0.775. The number of aromatic nitrogens is 2. The number of ether oxygens (including phenoxy) is 1. The van der Waals surface area contributed by atoms with Crippen LogP contribution in [0.5, 0.6) is 0 Å². The van der Waals surface area contributed by atoms with Gasteiger partial charge in [-0.3, -0.25) is 4.99 Å². The molecule has 170 valence electrons. The highest BCUT2D eigenvalue weighted by Crippen LogP contribution is 2.10. The molecule has 2 aromatic rings. The van der Waals surface area contributed by atoms with Crippen molar-refractivity contribution in [2.45, 2.75) is 26.5 Å². The molecule has 0 bridgehead atoms. The number of guanidine groups is 1. The number of piperazine rings is 1. The first-order valence-electron chi connectivity index (χ1n) is 10.5. The van der Waals surface area contributed by atoms with E-state index >= 15 is 0 Å². The Bertz CT molecular complexity index is 951. The van der Waals surface area contributed by atoms with Crippen LogP contribution >= 0.6 is 0 Å². The normalized spacial score (nSPS) is 16.1. The quantitative estimate of drug-likeness (QED) is 0.484. The Kier molecular flexibility index (Phi) is 8.05. The molecule has 0 spiro atoms. The Labute approximate surface area is 184 Å². The molecular formula is C21H32N6O3S. The van der Waals surface area contributed by atoms with Crippen LogP contribution in [0.1, 0.15) is 19.4 Å². The minimum Gasteiger partial charge on any atom is -0.378 e. The van der Waals surface area contributed by atoms with Crippen LogP contribution in [0.3, 0.4) is 0 Å². The van der Waals surface area contributed by atoms with Crippen molar-refractivity contribution in [1.82, 2.24) is 24.3 Å². The third kappa shape index (κ3) is 6.52. The standard InChI is InChI=1S/C21H32N6O3S/c1-18(2)30-13-14-31(28,29)26-11-9-25(10-12-26)21(22-3)23-15-19-16-24-27(17-19)20-7-5-4-6-8-20/h4-8,16-18H,9-15H2,1-3H3,(H,22,23). The van der Waals surface area contributed by atoms with Crippen molar-refractivity contribution in [3.8, 4) is 5.69 Å². The van der Waals surface area contributed by atoms with Crippen molar-refractivity contribution in [3.05, 3.63) is 48.3 Å². The van der Waals surface area contributed by atoms with Crippen LogP contribution in [0.25, 0.3) is 5.69 Å². The SMILES string of the molecule is CN=C(NCc1cnn(-c2ccccc2)c1)N1CCN(S(=O)(=O)CCOC(C)C)CC1. The maximum atomic E-state index is 12.5. The molecule has 1 saturated heterocycles. The van der Waals surface area contributed by atoms with Gasteiger partial charge in [-0.2, -0.15) is 9.40 Å². The number of benzene rings is 1. The fraction of sp³-hybridized carbons (Fsp3) is 0.524. The van der Waals surface area contributed by atoms with Gasteiger partial charge in [0.25, 0.3) is 0 Å². The monoisotopic (exact) mass is 448 g/mol. The van der Waals surface area contributed by atoms with Crippen molar-refractivity contribution in [1.29, 1.82) is 0 Å². The van der Waals surface area contributed by atoms with E-state index in [1.165, 1.54) is 0 Å². The molecule has 1 aliphatic heterocycles. The second-order valence-electron chi connectivity index (χ2n) is 7.65. The van der Waals surface area contributed by atoms with Crippen molar-refractivity contribution in [2.24, 2.45) is 4.99 Å². The predicted octanol–water partition coefficient (Wildman–Crippen LogP) is 1.32.